The van der Waals surface area contributed by atoms with Crippen LogP contribution >= 0.6 is 0 Å². The van der Waals surface area contributed by atoms with Crippen LogP contribution in [-0.4, -0.2) is 24.5 Å². The van der Waals surface area contributed by atoms with Gasteiger partial charge in [0, 0.05) is 11.7 Å². The molecule has 0 aromatic heterocycles. The number of rotatable bonds is 7. The Morgan fingerprint density at radius 3 is 2.33 bits per heavy atom. The van der Waals surface area contributed by atoms with Crippen molar-refractivity contribution in [1.82, 2.24) is 5.32 Å². The predicted molar refractivity (Wildman–Crippen MR) is 91.9 cm³/mol. The molecule has 2 amide bonds. The standard InChI is InChI=1S/C19H20N2O3/c22-18(20-16-10-11-16)12-14-6-8-15(9-7-14)21-19(23)13-24-17-4-2-1-3-5-17/h1-9,16H,10-13H2,(H,20,22)(H,21,23). The van der Waals surface area contributed by atoms with E-state index in [1.165, 1.54) is 0 Å². The Hall–Kier alpha value is -2.82. The molecule has 0 radical (unpaired) electrons. The molecular weight excluding hydrogens is 304 g/mol. The maximum atomic E-state index is 11.9. The van der Waals surface area contributed by atoms with Gasteiger partial charge in [-0.25, -0.2) is 0 Å². The molecule has 5 nitrogen and oxygen atoms in total. The summed E-state index contributed by atoms with van der Waals surface area (Å²) in [4.78, 5) is 23.6. The highest BCUT2D eigenvalue weighted by Crippen LogP contribution is 2.19. The zero-order valence-corrected chi connectivity index (χ0v) is 13.3. The average Bonchev–Trinajstić information content (AvgIpc) is 3.39. The summed E-state index contributed by atoms with van der Waals surface area (Å²) >= 11 is 0. The molecule has 3 rings (SSSR count). The van der Waals surface area contributed by atoms with Crippen molar-refractivity contribution in [2.75, 3.05) is 11.9 Å². The molecule has 0 aliphatic heterocycles. The Morgan fingerprint density at radius 2 is 1.67 bits per heavy atom. The second-order valence-corrected chi connectivity index (χ2v) is 5.87. The molecule has 0 spiro atoms. The number of para-hydroxylation sites is 1. The van der Waals surface area contributed by atoms with Gasteiger partial charge in [0.15, 0.2) is 6.61 Å². The SMILES string of the molecule is O=C(COc1ccccc1)Nc1ccc(CC(=O)NC2CC2)cc1. The van der Waals surface area contributed by atoms with Gasteiger partial charge in [-0.05, 0) is 42.7 Å². The van der Waals surface area contributed by atoms with Crippen LogP contribution in [0.5, 0.6) is 5.75 Å². The van der Waals surface area contributed by atoms with E-state index in [0.29, 0.717) is 23.9 Å². The van der Waals surface area contributed by atoms with Gasteiger partial charge in [-0.15, -0.1) is 0 Å². The molecule has 24 heavy (non-hydrogen) atoms. The number of benzene rings is 2. The van der Waals surface area contributed by atoms with Crippen molar-refractivity contribution in [2.24, 2.45) is 0 Å². The number of hydrogen-bond acceptors (Lipinski definition) is 3. The number of nitrogens with one attached hydrogen (secondary N) is 2. The van der Waals surface area contributed by atoms with Gasteiger partial charge in [0.2, 0.25) is 5.91 Å². The lowest BCUT2D eigenvalue weighted by atomic mass is 10.1. The first kappa shape index (κ1) is 16.1. The van der Waals surface area contributed by atoms with Crippen molar-refractivity contribution in [3.8, 4) is 5.75 Å². The van der Waals surface area contributed by atoms with E-state index in [2.05, 4.69) is 10.6 Å². The second kappa shape index (κ2) is 7.64. The maximum Gasteiger partial charge on any atom is 0.262 e. The minimum atomic E-state index is -0.224. The van der Waals surface area contributed by atoms with E-state index in [-0.39, 0.29) is 18.4 Å². The maximum absolute atomic E-state index is 11.9. The van der Waals surface area contributed by atoms with Crippen LogP contribution in [0.1, 0.15) is 18.4 Å². The average molecular weight is 324 g/mol. The molecule has 2 aromatic carbocycles. The summed E-state index contributed by atoms with van der Waals surface area (Å²) in [5, 5.41) is 5.73. The normalized spacial score (nSPS) is 13.2. The fourth-order valence-electron chi connectivity index (χ4n) is 2.26. The number of carbonyl (C=O) groups excluding carboxylic acids is 2. The fourth-order valence-corrected chi connectivity index (χ4v) is 2.26. The molecule has 1 fully saturated rings. The Labute approximate surface area is 141 Å². The lowest BCUT2D eigenvalue weighted by Gasteiger charge is -2.08. The van der Waals surface area contributed by atoms with Crippen LogP contribution in [0.2, 0.25) is 0 Å². The van der Waals surface area contributed by atoms with E-state index in [9.17, 15) is 9.59 Å². The monoisotopic (exact) mass is 324 g/mol. The molecule has 0 unspecified atom stereocenters. The minimum absolute atomic E-state index is 0.0461. The van der Waals surface area contributed by atoms with Crippen molar-refractivity contribution >= 4 is 17.5 Å². The van der Waals surface area contributed by atoms with Crippen molar-refractivity contribution in [1.29, 1.82) is 0 Å². The summed E-state index contributed by atoms with van der Waals surface area (Å²) in [6, 6.07) is 16.8. The van der Waals surface area contributed by atoms with Crippen LogP contribution in [0.15, 0.2) is 54.6 Å². The summed E-state index contributed by atoms with van der Waals surface area (Å²) in [7, 11) is 0. The van der Waals surface area contributed by atoms with Gasteiger partial charge in [-0.3, -0.25) is 9.59 Å². The molecule has 0 atom stereocenters. The van der Waals surface area contributed by atoms with Crippen LogP contribution in [0.4, 0.5) is 5.69 Å². The Kier molecular flexibility index (Phi) is 5.11. The largest absolute Gasteiger partial charge is 0.484 e. The molecule has 0 bridgehead atoms. The molecule has 0 saturated heterocycles. The highest BCUT2D eigenvalue weighted by Gasteiger charge is 2.22. The first-order chi connectivity index (χ1) is 11.7. The predicted octanol–water partition coefficient (Wildman–Crippen LogP) is 2.53. The summed E-state index contributed by atoms with van der Waals surface area (Å²) in [6.07, 6.45) is 2.53. The van der Waals surface area contributed by atoms with E-state index >= 15 is 0 Å². The van der Waals surface area contributed by atoms with Gasteiger partial charge in [0.05, 0.1) is 6.42 Å². The van der Waals surface area contributed by atoms with E-state index in [1.807, 2.05) is 30.3 Å². The first-order valence-electron chi connectivity index (χ1n) is 8.05. The van der Waals surface area contributed by atoms with Crippen molar-refractivity contribution in [2.45, 2.75) is 25.3 Å². The van der Waals surface area contributed by atoms with E-state index < -0.39 is 0 Å². The lowest BCUT2D eigenvalue weighted by Crippen LogP contribution is -2.26. The molecule has 5 heteroatoms. The quantitative estimate of drug-likeness (QED) is 0.822. The number of amides is 2. The summed E-state index contributed by atoms with van der Waals surface area (Å²) in [6.45, 7) is -0.0461. The van der Waals surface area contributed by atoms with Crippen LogP contribution in [0.3, 0.4) is 0 Å². The molecule has 2 aromatic rings. The van der Waals surface area contributed by atoms with Gasteiger partial charge in [0.1, 0.15) is 5.75 Å². The Morgan fingerprint density at radius 1 is 0.958 bits per heavy atom. The third-order valence-corrected chi connectivity index (χ3v) is 3.66. The Balaban J connectivity index is 1.44. The summed E-state index contributed by atoms with van der Waals surface area (Å²) < 4.78 is 5.39. The van der Waals surface area contributed by atoms with E-state index in [0.717, 1.165) is 18.4 Å². The smallest absolute Gasteiger partial charge is 0.262 e. The van der Waals surface area contributed by atoms with Gasteiger partial charge in [0.25, 0.3) is 5.91 Å². The van der Waals surface area contributed by atoms with Crippen LogP contribution in [0.25, 0.3) is 0 Å². The molecule has 124 valence electrons. The van der Waals surface area contributed by atoms with Gasteiger partial charge in [-0.2, -0.15) is 0 Å². The Bertz CT molecular complexity index is 694. The van der Waals surface area contributed by atoms with Gasteiger partial charge < -0.3 is 15.4 Å². The minimum Gasteiger partial charge on any atom is -0.484 e. The third kappa shape index (κ3) is 5.12. The van der Waals surface area contributed by atoms with Crippen molar-refractivity contribution < 1.29 is 14.3 Å². The molecule has 2 N–H and O–H groups in total. The zero-order valence-electron chi connectivity index (χ0n) is 13.3. The van der Waals surface area contributed by atoms with Crippen LogP contribution in [-0.2, 0) is 16.0 Å². The van der Waals surface area contributed by atoms with Crippen LogP contribution < -0.4 is 15.4 Å². The summed E-state index contributed by atoms with van der Waals surface area (Å²) in [5.41, 5.74) is 1.61. The second-order valence-electron chi connectivity index (χ2n) is 5.87. The number of ether oxygens (including phenoxy) is 1. The summed E-state index contributed by atoms with van der Waals surface area (Å²) in [5.74, 6) is 0.480. The molecule has 0 heterocycles. The molecule has 1 aliphatic carbocycles. The van der Waals surface area contributed by atoms with Crippen molar-refractivity contribution in [3.63, 3.8) is 0 Å². The molecule has 1 aliphatic rings. The van der Waals surface area contributed by atoms with Gasteiger partial charge >= 0.3 is 0 Å². The van der Waals surface area contributed by atoms with Crippen LogP contribution in [0, 0.1) is 0 Å². The highest BCUT2D eigenvalue weighted by atomic mass is 16.5. The molecular formula is C19H20N2O3. The highest BCUT2D eigenvalue weighted by molar-refractivity contribution is 5.92. The fraction of sp³-hybridized carbons (Fsp3) is 0.263. The third-order valence-electron chi connectivity index (χ3n) is 3.66. The lowest BCUT2D eigenvalue weighted by molar-refractivity contribution is -0.120. The van der Waals surface area contributed by atoms with Gasteiger partial charge in [-0.1, -0.05) is 30.3 Å². The number of anilines is 1. The topological polar surface area (TPSA) is 67.4 Å². The number of carbonyl (C=O) groups is 2. The zero-order chi connectivity index (χ0) is 16.8. The van der Waals surface area contributed by atoms with E-state index in [4.69, 9.17) is 4.74 Å². The number of hydrogen-bond donors (Lipinski definition) is 2. The molecule has 1 saturated carbocycles. The van der Waals surface area contributed by atoms with Crippen molar-refractivity contribution in [3.05, 3.63) is 60.2 Å². The first-order valence-corrected chi connectivity index (χ1v) is 8.05. The van der Waals surface area contributed by atoms with E-state index in [1.54, 1.807) is 24.3 Å².